The molecule has 0 aliphatic carbocycles. The Morgan fingerprint density at radius 2 is 2.13 bits per heavy atom. The molecular formula is C18H19ClN2O2. The summed E-state index contributed by atoms with van der Waals surface area (Å²) >= 11 is 6.03. The molecule has 0 aromatic heterocycles. The molecule has 1 N–H and O–H groups in total. The minimum absolute atomic E-state index is 0.00360. The molecule has 2 aromatic rings. The van der Waals surface area contributed by atoms with Crippen LogP contribution in [0.5, 0.6) is 5.75 Å². The van der Waals surface area contributed by atoms with Crippen LogP contribution >= 0.6 is 11.6 Å². The summed E-state index contributed by atoms with van der Waals surface area (Å²) in [6, 6.07) is 12.9. The zero-order valence-electron chi connectivity index (χ0n) is 13.2. The first-order valence-electron chi connectivity index (χ1n) is 7.69. The van der Waals surface area contributed by atoms with E-state index in [9.17, 15) is 4.79 Å². The van der Waals surface area contributed by atoms with Crippen molar-refractivity contribution in [3.8, 4) is 5.75 Å². The third-order valence-electron chi connectivity index (χ3n) is 3.98. The highest BCUT2D eigenvalue weighted by Gasteiger charge is 2.28. The summed E-state index contributed by atoms with van der Waals surface area (Å²) in [7, 11) is 0. The third-order valence-corrected chi connectivity index (χ3v) is 4.21. The van der Waals surface area contributed by atoms with Crippen LogP contribution in [-0.2, 0) is 0 Å². The number of halogens is 1. The number of ether oxygens (including phenoxy) is 1. The summed E-state index contributed by atoms with van der Waals surface area (Å²) in [5, 5.41) is 3.55. The summed E-state index contributed by atoms with van der Waals surface area (Å²) < 4.78 is 5.91. The van der Waals surface area contributed by atoms with Crippen molar-refractivity contribution in [1.29, 1.82) is 0 Å². The first-order chi connectivity index (χ1) is 11.1. The van der Waals surface area contributed by atoms with Gasteiger partial charge in [-0.3, -0.25) is 4.90 Å². The Labute approximate surface area is 141 Å². The number of para-hydroxylation sites is 2. The molecule has 0 fully saturated rings. The van der Waals surface area contributed by atoms with E-state index in [4.69, 9.17) is 16.3 Å². The molecule has 5 heteroatoms. The van der Waals surface area contributed by atoms with Gasteiger partial charge in [-0.15, -0.1) is 0 Å². The second-order valence-corrected chi connectivity index (χ2v) is 6.05. The second-order valence-electron chi connectivity index (χ2n) is 5.62. The molecule has 0 spiro atoms. The van der Waals surface area contributed by atoms with Gasteiger partial charge in [0.2, 0.25) is 0 Å². The predicted molar refractivity (Wildman–Crippen MR) is 93.7 cm³/mol. The highest BCUT2D eigenvalue weighted by Crippen LogP contribution is 2.34. The van der Waals surface area contributed by atoms with Crippen LogP contribution in [0.15, 0.2) is 42.5 Å². The van der Waals surface area contributed by atoms with Crippen molar-refractivity contribution < 1.29 is 9.53 Å². The Hall–Kier alpha value is -2.20. The van der Waals surface area contributed by atoms with E-state index < -0.39 is 0 Å². The monoisotopic (exact) mass is 330 g/mol. The molecule has 0 bridgehead atoms. The molecular weight excluding hydrogens is 312 g/mol. The Morgan fingerprint density at radius 3 is 2.91 bits per heavy atom. The van der Waals surface area contributed by atoms with Gasteiger partial charge in [-0.05, 0) is 43.2 Å². The van der Waals surface area contributed by atoms with E-state index in [0.717, 1.165) is 29.1 Å². The number of hydrogen-bond donors (Lipinski definition) is 1. The summed E-state index contributed by atoms with van der Waals surface area (Å²) in [4.78, 5) is 14.5. The number of rotatable bonds is 2. The maximum absolute atomic E-state index is 12.8. The lowest BCUT2D eigenvalue weighted by molar-refractivity contribution is 0.188. The van der Waals surface area contributed by atoms with Gasteiger partial charge < -0.3 is 10.1 Å². The molecule has 1 aliphatic rings. The number of nitrogens with one attached hydrogen (secondary N) is 1. The Bertz CT molecular complexity index is 733. The number of benzene rings is 2. The fourth-order valence-corrected chi connectivity index (χ4v) is 2.79. The Kier molecular flexibility index (Phi) is 4.44. The predicted octanol–water partition coefficient (Wildman–Crippen LogP) is 4.86. The molecule has 1 atom stereocenters. The standard InChI is InChI=1S/C18H19ClN2O2/c1-3-14-11-21(16-6-4-5-7-17(16)23-14)18(22)20-15-10-13(19)9-8-12(15)2/h4-10,14H,3,11H2,1-2H3,(H,20,22)/t14-/m1/s1. The number of urea groups is 1. The van der Waals surface area contributed by atoms with Crippen LogP contribution in [0, 0.1) is 6.92 Å². The van der Waals surface area contributed by atoms with Crippen molar-refractivity contribution in [3.63, 3.8) is 0 Å². The van der Waals surface area contributed by atoms with Gasteiger partial charge in [0.25, 0.3) is 0 Å². The average molecular weight is 331 g/mol. The van der Waals surface area contributed by atoms with Gasteiger partial charge >= 0.3 is 6.03 Å². The number of aryl methyl sites for hydroxylation is 1. The minimum atomic E-state index is -0.176. The Morgan fingerprint density at radius 1 is 1.35 bits per heavy atom. The number of hydrogen-bond acceptors (Lipinski definition) is 2. The highest BCUT2D eigenvalue weighted by atomic mass is 35.5. The van der Waals surface area contributed by atoms with Gasteiger partial charge in [0.1, 0.15) is 11.9 Å². The van der Waals surface area contributed by atoms with Gasteiger partial charge in [0.05, 0.1) is 12.2 Å². The van der Waals surface area contributed by atoms with Crippen LogP contribution in [0.4, 0.5) is 16.2 Å². The molecule has 4 nitrogen and oxygen atoms in total. The molecule has 3 rings (SSSR count). The van der Waals surface area contributed by atoms with E-state index in [1.54, 1.807) is 11.0 Å². The number of anilines is 2. The van der Waals surface area contributed by atoms with Crippen molar-refractivity contribution in [3.05, 3.63) is 53.1 Å². The van der Waals surface area contributed by atoms with Crippen LogP contribution in [0.25, 0.3) is 0 Å². The van der Waals surface area contributed by atoms with Gasteiger partial charge in [0.15, 0.2) is 0 Å². The maximum Gasteiger partial charge on any atom is 0.326 e. The van der Waals surface area contributed by atoms with Crippen molar-refractivity contribution in [2.24, 2.45) is 0 Å². The molecule has 0 saturated carbocycles. The lowest BCUT2D eigenvalue weighted by Crippen LogP contribution is -2.45. The highest BCUT2D eigenvalue weighted by molar-refractivity contribution is 6.31. The molecule has 2 amide bonds. The number of nitrogens with zero attached hydrogens (tertiary/aromatic N) is 1. The van der Waals surface area contributed by atoms with Crippen molar-refractivity contribution in [1.82, 2.24) is 0 Å². The smallest absolute Gasteiger partial charge is 0.326 e. The molecule has 1 aliphatic heterocycles. The molecule has 2 aromatic carbocycles. The summed E-state index contributed by atoms with van der Waals surface area (Å²) in [6.07, 6.45) is 0.838. The number of carbonyl (C=O) groups is 1. The van der Waals surface area contributed by atoms with Crippen molar-refractivity contribution in [2.45, 2.75) is 26.4 Å². The fraction of sp³-hybridized carbons (Fsp3) is 0.278. The van der Waals surface area contributed by atoms with Gasteiger partial charge in [-0.1, -0.05) is 36.7 Å². The lowest BCUT2D eigenvalue weighted by Gasteiger charge is -2.34. The van der Waals surface area contributed by atoms with Gasteiger partial charge in [-0.25, -0.2) is 4.79 Å². The van der Waals surface area contributed by atoms with Crippen molar-refractivity contribution >= 4 is 29.0 Å². The minimum Gasteiger partial charge on any atom is -0.486 e. The molecule has 23 heavy (non-hydrogen) atoms. The molecule has 0 unspecified atom stereocenters. The normalized spacial score (nSPS) is 16.5. The van der Waals surface area contributed by atoms with Gasteiger partial charge in [0, 0.05) is 10.7 Å². The molecule has 0 radical (unpaired) electrons. The summed E-state index contributed by atoms with van der Waals surface area (Å²) in [5.74, 6) is 0.739. The molecule has 120 valence electrons. The van der Waals surface area contributed by atoms with E-state index in [1.165, 1.54) is 0 Å². The van der Waals surface area contributed by atoms with E-state index >= 15 is 0 Å². The van der Waals surface area contributed by atoms with Gasteiger partial charge in [-0.2, -0.15) is 0 Å². The topological polar surface area (TPSA) is 41.6 Å². The van der Waals surface area contributed by atoms with Crippen LogP contribution in [-0.4, -0.2) is 18.7 Å². The van der Waals surface area contributed by atoms with Crippen LogP contribution in [0.3, 0.4) is 0 Å². The van der Waals surface area contributed by atoms with Crippen LogP contribution < -0.4 is 15.0 Å². The molecule has 1 heterocycles. The first-order valence-corrected chi connectivity index (χ1v) is 8.06. The largest absolute Gasteiger partial charge is 0.486 e. The lowest BCUT2D eigenvalue weighted by atomic mass is 10.1. The van der Waals surface area contributed by atoms with Crippen LogP contribution in [0.2, 0.25) is 5.02 Å². The van der Waals surface area contributed by atoms with E-state index in [1.807, 2.05) is 43.3 Å². The first kappa shape index (κ1) is 15.7. The third kappa shape index (κ3) is 3.27. The van der Waals surface area contributed by atoms with E-state index in [0.29, 0.717) is 11.6 Å². The SMILES string of the molecule is CC[C@@H]1CN(C(=O)Nc2cc(Cl)ccc2C)c2ccccc2O1. The van der Waals surface area contributed by atoms with E-state index in [2.05, 4.69) is 12.2 Å². The van der Waals surface area contributed by atoms with E-state index in [-0.39, 0.29) is 12.1 Å². The Balaban J connectivity index is 1.88. The number of carbonyl (C=O) groups excluding carboxylic acids is 1. The van der Waals surface area contributed by atoms with Crippen molar-refractivity contribution in [2.75, 3.05) is 16.8 Å². The summed E-state index contributed by atoms with van der Waals surface area (Å²) in [6.45, 7) is 4.52. The fourth-order valence-electron chi connectivity index (χ4n) is 2.61. The van der Waals surface area contributed by atoms with Crippen LogP contribution in [0.1, 0.15) is 18.9 Å². The zero-order chi connectivity index (χ0) is 16.4. The quantitative estimate of drug-likeness (QED) is 0.854. The molecule has 0 saturated heterocycles. The second kappa shape index (κ2) is 6.50. The average Bonchev–Trinajstić information content (AvgIpc) is 2.57. The maximum atomic E-state index is 12.8. The summed E-state index contributed by atoms with van der Waals surface area (Å²) in [5.41, 5.74) is 2.48. The zero-order valence-corrected chi connectivity index (χ0v) is 13.9. The number of amides is 2. The number of fused-ring (bicyclic) bond motifs is 1.